The van der Waals surface area contributed by atoms with Crippen LogP contribution in [0.25, 0.3) is 0 Å². The van der Waals surface area contributed by atoms with E-state index in [1.807, 2.05) is 0 Å². The molecule has 2 unspecified atom stereocenters. The minimum Gasteiger partial charge on any atom is -0.317 e. The zero-order valence-corrected chi connectivity index (χ0v) is 14.3. The quantitative estimate of drug-likeness (QED) is 0.629. The van der Waals surface area contributed by atoms with E-state index in [0.717, 1.165) is 12.0 Å². The van der Waals surface area contributed by atoms with Crippen LogP contribution < -0.4 is 5.32 Å². The van der Waals surface area contributed by atoms with Crippen LogP contribution in [0, 0.1) is 5.92 Å². The molecular weight excluding hydrogens is 246 g/mol. The molecular formula is C17H37N3. The average molecular weight is 284 g/mol. The second kappa shape index (κ2) is 10.6. The summed E-state index contributed by atoms with van der Waals surface area (Å²) in [6.45, 7) is 14.2. The Balaban J connectivity index is 2.18. The maximum Gasteiger partial charge on any atom is 0.00928 e. The first-order chi connectivity index (χ1) is 9.74. The molecule has 0 radical (unpaired) electrons. The lowest BCUT2D eigenvalue weighted by atomic mass is 9.99. The van der Waals surface area contributed by atoms with Gasteiger partial charge in [0.1, 0.15) is 0 Å². The third-order valence-electron chi connectivity index (χ3n) is 5.14. The Morgan fingerprint density at radius 2 is 1.55 bits per heavy atom. The maximum atomic E-state index is 3.50. The predicted molar refractivity (Wildman–Crippen MR) is 89.3 cm³/mol. The van der Waals surface area contributed by atoms with Gasteiger partial charge in [-0.3, -0.25) is 0 Å². The van der Waals surface area contributed by atoms with Gasteiger partial charge in [-0.1, -0.05) is 27.2 Å². The summed E-state index contributed by atoms with van der Waals surface area (Å²) in [6.07, 6.45) is 6.93. The molecule has 3 heteroatoms. The van der Waals surface area contributed by atoms with Crippen molar-refractivity contribution in [1.29, 1.82) is 0 Å². The van der Waals surface area contributed by atoms with Crippen molar-refractivity contribution in [1.82, 2.24) is 15.1 Å². The van der Waals surface area contributed by atoms with Gasteiger partial charge < -0.3 is 15.1 Å². The summed E-state index contributed by atoms with van der Waals surface area (Å²) in [7, 11) is 2.13. The van der Waals surface area contributed by atoms with E-state index in [4.69, 9.17) is 0 Å². The molecule has 1 fully saturated rings. The summed E-state index contributed by atoms with van der Waals surface area (Å²) < 4.78 is 0. The first kappa shape index (κ1) is 17.9. The third-order valence-corrected chi connectivity index (χ3v) is 5.14. The van der Waals surface area contributed by atoms with Gasteiger partial charge in [-0.2, -0.15) is 0 Å². The van der Waals surface area contributed by atoms with Crippen molar-refractivity contribution in [3.05, 3.63) is 0 Å². The highest BCUT2D eigenvalue weighted by atomic mass is 15.1. The standard InChI is InChI=1S/C17H37N3/c1-5-19(6-2)13-9-14-20(7-3)15-12-16-10-8-11-17(16)18-4/h16-18H,5-15H2,1-4H3. The Hall–Kier alpha value is -0.120. The number of hydrogen-bond donors (Lipinski definition) is 1. The lowest BCUT2D eigenvalue weighted by Gasteiger charge is -2.26. The van der Waals surface area contributed by atoms with Crippen LogP contribution in [0.1, 0.15) is 52.9 Å². The van der Waals surface area contributed by atoms with E-state index in [1.54, 1.807) is 0 Å². The van der Waals surface area contributed by atoms with Gasteiger partial charge in [-0.15, -0.1) is 0 Å². The monoisotopic (exact) mass is 283 g/mol. The minimum atomic E-state index is 0.782. The first-order valence-electron chi connectivity index (χ1n) is 8.87. The molecule has 0 aromatic heterocycles. The summed E-state index contributed by atoms with van der Waals surface area (Å²) in [5, 5.41) is 3.50. The molecule has 0 heterocycles. The van der Waals surface area contributed by atoms with E-state index < -0.39 is 0 Å². The summed E-state index contributed by atoms with van der Waals surface area (Å²) in [5.74, 6) is 0.914. The molecule has 120 valence electrons. The lowest BCUT2D eigenvalue weighted by molar-refractivity contribution is 0.226. The number of rotatable bonds is 11. The van der Waals surface area contributed by atoms with Crippen molar-refractivity contribution in [2.45, 2.75) is 58.9 Å². The highest BCUT2D eigenvalue weighted by Crippen LogP contribution is 2.28. The first-order valence-corrected chi connectivity index (χ1v) is 8.87. The zero-order valence-electron chi connectivity index (χ0n) is 14.3. The summed E-state index contributed by atoms with van der Waals surface area (Å²) in [5.41, 5.74) is 0. The van der Waals surface area contributed by atoms with Crippen LogP contribution >= 0.6 is 0 Å². The van der Waals surface area contributed by atoms with Gasteiger partial charge >= 0.3 is 0 Å². The number of nitrogens with one attached hydrogen (secondary N) is 1. The fourth-order valence-corrected chi connectivity index (χ4v) is 3.60. The van der Waals surface area contributed by atoms with Gasteiger partial charge in [0.2, 0.25) is 0 Å². The van der Waals surface area contributed by atoms with Crippen LogP contribution in [0.15, 0.2) is 0 Å². The maximum absolute atomic E-state index is 3.50. The molecule has 1 aliphatic carbocycles. The van der Waals surface area contributed by atoms with Crippen molar-refractivity contribution in [3.63, 3.8) is 0 Å². The second-order valence-electron chi connectivity index (χ2n) is 6.19. The molecule has 0 spiro atoms. The van der Waals surface area contributed by atoms with Crippen molar-refractivity contribution in [3.8, 4) is 0 Å². The van der Waals surface area contributed by atoms with E-state index in [9.17, 15) is 0 Å². The Bertz CT molecular complexity index is 228. The Labute approximate surface area is 127 Å². The Kier molecular flexibility index (Phi) is 9.49. The molecule has 2 atom stereocenters. The molecule has 0 amide bonds. The number of nitrogens with zero attached hydrogens (tertiary/aromatic N) is 2. The van der Waals surface area contributed by atoms with Gasteiger partial charge in [0.05, 0.1) is 0 Å². The van der Waals surface area contributed by atoms with Crippen molar-refractivity contribution < 1.29 is 0 Å². The predicted octanol–water partition coefficient (Wildman–Crippen LogP) is 2.82. The van der Waals surface area contributed by atoms with E-state index in [0.29, 0.717) is 0 Å². The molecule has 1 aliphatic rings. The number of hydrogen-bond acceptors (Lipinski definition) is 3. The van der Waals surface area contributed by atoms with Crippen LogP contribution in [0.4, 0.5) is 0 Å². The van der Waals surface area contributed by atoms with Gasteiger partial charge in [-0.25, -0.2) is 0 Å². The average Bonchev–Trinajstić information content (AvgIpc) is 2.94. The highest BCUT2D eigenvalue weighted by molar-refractivity contribution is 4.82. The zero-order chi connectivity index (χ0) is 14.8. The summed E-state index contributed by atoms with van der Waals surface area (Å²) in [4.78, 5) is 5.18. The third kappa shape index (κ3) is 6.11. The van der Waals surface area contributed by atoms with Gasteiger partial charge in [0.25, 0.3) is 0 Å². The van der Waals surface area contributed by atoms with Crippen LogP contribution in [0.5, 0.6) is 0 Å². The van der Waals surface area contributed by atoms with Crippen LogP contribution in [-0.2, 0) is 0 Å². The molecule has 0 aliphatic heterocycles. The highest BCUT2D eigenvalue weighted by Gasteiger charge is 2.25. The normalized spacial score (nSPS) is 23.1. The summed E-state index contributed by atoms with van der Waals surface area (Å²) >= 11 is 0. The van der Waals surface area contributed by atoms with Crippen LogP contribution in [0.2, 0.25) is 0 Å². The molecule has 3 nitrogen and oxygen atoms in total. The topological polar surface area (TPSA) is 18.5 Å². The molecule has 1 rings (SSSR count). The fraction of sp³-hybridized carbons (Fsp3) is 1.00. The van der Waals surface area contributed by atoms with E-state index >= 15 is 0 Å². The minimum absolute atomic E-state index is 0.782. The lowest BCUT2D eigenvalue weighted by Crippen LogP contribution is -2.34. The molecule has 20 heavy (non-hydrogen) atoms. The van der Waals surface area contributed by atoms with Crippen molar-refractivity contribution >= 4 is 0 Å². The Morgan fingerprint density at radius 3 is 2.15 bits per heavy atom. The molecule has 0 saturated heterocycles. The van der Waals surface area contributed by atoms with E-state index in [1.165, 1.54) is 71.4 Å². The smallest absolute Gasteiger partial charge is 0.00928 e. The summed E-state index contributed by atoms with van der Waals surface area (Å²) in [6, 6.07) is 0.782. The SMILES string of the molecule is CCN(CC)CCCN(CC)CCC1CCCC1NC. The van der Waals surface area contributed by atoms with Crippen LogP contribution in [0.3, 0.4) is 0 Å². The molecule has 0 bridgehead atoms. The fourth-order valence-electron chi connectivity index (χ4n) is 3.60. The van der Waals surface area contributed by atoms with Gasteiger partial charge in [0.15, 0.2) is 0 Å². The second-order valence-corrected chi connectivity index (χ2v) is 6.19. The van der Waals surface area contributed by atoms with Crippen molar-refractivity contribution in [2.75, 3.05) is 46.3 Å². The molecule has 0 aromatic rings. The van der Waals surface area contributed by atoms with Crippen molar-refractivity contribution in [2.24, 2.45) is 5.92 Å². The van der Waals surface area contributed by atoms with Crippen LogP contribution in [-0.4, -0.2) is 62.2 Å². The van der Waals surface area contributed by atoms with Gasteiger partial charge in [0, 0.05) is 6.04 Å². The van der Waals surface area contributed by atoms with E-state index in [-0.39, 0.29) is 0 Å². The van der Waals surface area contributed by atoms with E-state index in [2.05, 4.69) is 42.9 Å². The molecule has 0 aromatic carbocycles. The molecule has 1 N–H and O–H groups in total. The largest absolute Gasteiger partial charge is 0.317 e. The molecule has 1 saturated carbocycles. The Morgan fingerprint density at radius 1 is 0.900 bits per heavy atom. The van der Waals surface area contributed by atoms with Gasteiger partial charge in [-0.05, 0) is 77.9 Å².